The van der Waals surface area contributed by atoms with Crippen LogP contribution in [0.4, 0.5) is 0 Å². The number of nitrogens with zero attached hydrogens (tertiary/aromatic N) is 2. The fourth-order valence-electron chi connectivity index (χ4n) is 2.42. The van der Waals surface area contributed by atoms with E-state index < -0.39 is 0 Å². The second-order valence-corrected chi connectivity index (χ2v) is 5.19. The van der Waals surface area contributed by atoms with Crippen molar-refractivity contribution in [2.75, 3.05) is 6.54 Å². The van der Waals surface area contributed by atoms with E-state index >= 15 is 0 Å². The van der Waals surface area contributed by atoms with Gasteiger partial charge in [0.15, 0.2) is 0 Å². The van der Waals surface area contributed by atoms with Gasteiger partial charge in [-0.15, -0.1) is 11.3 Å². The predicted molar refractivity (Wildman–Crippen MR) is 57.6 cm³/mol. The highest BCUT2D eigenvalue weighted by molar-refractivity contribution is 7.09. The van der Waals surface area contributed by atoms with Crippen molar-refractivity contribution < 1.29 is 4.79 Å². The molecule has 0 radical (unpaired) electrons. The van der Waals surface area contributed by atoms with Crippen molar-refractivity contribution in [3.05, 3.63) is 16.1 Å². The quantitative estimate of drug-likeness (QED) is 0.795. The molecule has 3 rings (SSSR count). The summed E-state index contributed by atoms with van der Waals surface area (Å²) in [5.74, 6) is 0.202. The molecular weight excluding hydrogens is 210 g/mol. The Hall–Kier alpha value is -0.940. The number of aromatic nitrogens is 1. The van der Waals surface area contributed by atoms with Crippen LogP contribution < -0.4 is 5.32 Å². The number of piperazine rings is 1. The number of amides is 1. The van der Waals surface area contributed by atoms with E-state index in [1.54, 1.807) is 11.3 Å². The molecule has 5 heteroatoms. The summed E-state index contributed by atoms with van der Waals surface area (Å²) in [6, 6.07) is 0.493. The number of nitrogens with one attached hydrogen (secondary N) is 1. The maximum Gasteiger partial charge on any atom is 0.237 e. The fourth-order valence-corrected chi connectivity index (χ4v) is 3.22. The number of carbonyl (C=O) groups is 1. The molecule has 0 aromatic carbocycles. The van der Waals surface area contributed by atoms with Gasteiger partial charge in [-0.3, -0.25) is 9.69 Å². The third-order valence-corrected chi connectivity index (χ3v) is 4.16. The topological polar surface area (TPSA) is 45.2 Å². The first-order valence-electron chi connectivity index (χ1n) is 5.17. The van der Waals surface area contributed by atoms with E-state index in [0.29, 0.717) is 6.04 Å². The van der Waals surface area contributed by atoms with Crippen molar-refractivity contribution in [1.29, 1.82) is 0 Å². The van der Waals surface area contributed by atoms with Crippen LogP contribution in [0, 0.1) is 6.92 Å². The van der Waals surface area contributed by atoms with Gasteiger partial charge < -0.3 is 5.32 Å². The second-order valence-electron chi connectivity index (χ2n) is 4.25. The number of thiazole rings is 1. The van der Waals surface area contributed by atoms with Crippen LogP contribution in [0.25, 0.3) is 0 Å². The van der Waals surface area contributed by atoms with Crippen LogP contribution in [0.2, 0.25) is 0 Å². The number of carbonyl (C=O) groups excluding carboxylic acids is 1. The van der Waals surface area contributed by atoms with Gasteiger partial charge in [0.2, 0.25) is 5.91 Å². The van der Waals surface area contributed by atoms with Gasteiger partial charge in [0.05, 0.1) is 17.2 Å². The molecule has 0 saturated carbocycles. The molecule has 80 valence electrons. The number of likely N-dealkylation sites (tertiary alicyclic amines) is 1. The molecule has 0 unspecified atom stereocenters. The Morgan fingerprint density at radius 3 is 3.20 bits per heavy atom. The highest BCUT2D eigenvalue weighted by Crippen LogP contribution is 2.27. The van der Waals surface area contributed by atoms with E-state index in [9.17, 15) is 4.79 Å². The Kier molecular flexibility index (Phi) is 2.03. The Morgan fingerprint density at radius 1 is 1.73 bits per heavy atom. The second kappa shape index (κ2) is 3.28. The van der Waals surface area contributed by atoms with Crippen molar-refractivity contribution >= 4 is 17.2 Å². The number of hydrogen-bond donors (Lipinski definition) is 1. The number of fused-ring (bicyclic) bond motifs is 2. The SMILES string of the molecule is Cc1ncsc1CN1C[C@@H]2C[C@H]1C(=O)N2. The van der Waals surface area contributed by atoms with Crippen LogP contribution in [0.5, 0.6) is 0 Å². The summed E-state index contributed by atoms with van der Waals surface area (Å²) in [4.78, 5) is 19.3. The van der Waals surface area contributed by atoms with E-state index in [1.807, 2.05) is 12.4 Å². The summed E-state index contributed by atoms with van der Waals surface area (Å²) in [6.45, 7) is 3.90. The molecule has 1 aromatic heterocycles. The van der Waals surface area contributed by atoms with E-state index in [0.717, 1.165) is 25.2 Å². The minimum absolute atomic E-state index is 0.108. The van der Waals surface area contributed by atoms with Crippen LogP contribution >= 0.6 is 11.3 Å². The minimum atomic E-state index is 0.108. The van der Waals surface area contributed by atoms with Crippen molar-refractivity contribution in [2.24, 2.45) is 0 Å². The molecule has 1 N–H and O–H groups in total. The largest absolute Gasteiger partial charge is 0.351 e. The van der Waals surface area contributed by atoms with Gasteiger partial charge in [-0.1, -0.05) is 0 Å². The fraction of sp³-hybridized carbons (Fsp3) is 0.600. The summed E-state index contributed by atoms with van der Waals surface area (Å²) >= 11 is 1.68. The number of hydrogen-bond acceptors (Lipinski definition) is 4. The molecule has 2 aliphatic rings. The lowest BCUT2D eigenvalue weighted by Crippen LogP contribution is -2.47. The van der Waals surface area contributed by atoms with Gasteiger partial charge in [0.25, 0.3) is 0 Å². The van der Waals surface area contributed by atoms with Gasteiger partial charge in [0.1, 0.15) is 0 Å². The highest BCUT2D eigenvalue weighted by atomic mass is 32.1. The average molecular weight is 223 g/mol. The lowest BCUT2D eigenvalue weighted by atomic mass is 10.2. The molecule has 0 aliphatic carbocycles. The van der Waals surface area contributed by atoms with E-state index in [-0.39, 0.29) is 11.9 Å². The first kappa shape index (κ1) is 9.30. The third kappa shape index (κ3) is 1.46. The first-order chi connectivity index (χ1) is 7.24. The summed E-state index contributed by atoms with van der Waals surface area (Å²) in [7, 11) is 0. The van der Waals surface area contributed by atoms with Gasteiger partial charge >= 0.3 is 0 Å². The zero-order valence-electron chi connectivity index (χ0n) is 8.56. The Labute approximate surface area is 92.3 Å². The van der Waals surface area contributed by atoms with E-state index in [1.165, 1.54) is 4.88 Å². The smallest absolute Gasteiger partial charge is 0.237 e. The van der Waals surface area contributed by atoms with Crippen molar-refractivity contribution in [3.8, 4) is 0 Å². The van der Waals surface area contributed by atoms with Gasteiger partial charge in [0, 0.05) is 24.0 Å². The molecule has 1 amide bonds. The van der Waals surface area contributed by atoms with E-state index in [2.05, 4.69) is 15.2 Å². The molecule has 2 atom stereocenters. The van der Waals surface area contributed by atoms with Crippen molar-refractivity contribution in [1.82, 2.24) is 15.2 Å². The number of rotatable bonds is 2. The highest BCUT2D eigenvalue weighted by Gasteiger charge is 2.43. The molecule has 2 saturated heterocycles. The van der Waals surface area contributed by atoms with Crippen LogP contribution in [0.1, 0.15) is 17.0 Å². The molecule has 0 spiro atoms. The molecule has 15 heavy (non-hydrogen) atoms. The van der Waals surface area contributed by atoms with Gasteiger partial charge in [-0.25, -0.2) is 4.98 Å². The maximum atomic E-state index is 11.5. The Bertz CT molecular complexity index is 403. The zero-order valence-corrected chi connectivity index (χ0v) is 9.38. The third-order valence-electron chi connectivity index (χ3n) is 3.24. The zero-order chi connectivity index (χ0) is 10.4. The summed E-state index contributed by atoms with van der Waals surface area (Å²) in [5, 5.41) is 2.98. The molecule has 2 fully saturated rings. The monoisotopic (exact) mass is 223 g/mol. The standard InChI is InChI=1S/C10H13N3OS/c1-6-9(15-5-11-6)4-13-3-7-2-8(13)10(14)12-7/h5,7-8H,2-4H2,1H3,(H,12,14)/t7-,8-/m0/s1. The van der Waals surface area contributed by atoms with Crippen molar-refractivity contribution in [3.63, 3.8) is 0 Å². The van der Waals surface area contributed by atoms with E-state index in [4.69, 9.17) is 0 Å². The van der Waals surface area contributed by atoms with Crippen LogP contribution in [-0.4, -0.2) is 34.4 Å². The maximum absolute atomic E-state index is 11.5. The molecule has 3 heterocycles. The molecular formula is C10H13N3OS. The molecule has 4 nitrogen and oxygen atoms in total. The Morgan fingerprint density at radius 2 is 2.60 bits per heavy atom. The minimum Gasteiger partial charge on any atom is -0.351 e. The van der Waals surface area contributed by atoms with Crippen LogP contribution in [-0.2, 0) is 11.3 Å². The molecule has 2 aliphatic heterocycles. The Balaban J connectivity index is 1.75. The van der Waals surface area contributed by atoms with Gasteiger partial charge in [-0.2, -0.15) is 0 Å². The predicted octanol–water partition coefficient (Wildman–Crippen LogP) is 0.524. The lowest BCUT2D eigenvalue weighted by Gasteiger charge is -2.25. The van der Waals surface area contributed by atoms with Crippen molar-refractivity contribution in [2.45, 2.75) is 32.0 Å². The lowest BCUT2D eigenvalue weighted by molar-refractivity contribution is -0.125. The number of aryl methyl sites for hydroxylation is 1. The van der Waals surface area contributed by atoms with Crippen LogP contribution in [0.15, 0.2) is 5.51 Å². The molecule has 1 aromatic rings. The summed E-state index contributed by atoms with van der Waals surface area (Å²) in [6.07, 6.45) is 0.983. The summed E-state index contributed by atoms with van der Waals surface area (Å²) < 4.78 is 0. The average Bonchev–Trinajstić information content (AvgIpc) is 2.83. The van der Waals surface area contributed by atoms with Gasteiger partial charge in [-0.05, 0) is 13.3 Å². The molecule has 2 bridgehead atoms. The first-order valence-corrected chi connectivity index (χ1v) is 6.05. The summed E-state index contributed by atoms with van der Waals surface area (Å²) in [5.41, 5.74) is 2.97. The normalized spacial score (nSPS) is 29.8. The van der Waals surface area contributed by atoms with Crippen LogP contribution in [0.3, 0.4) is 0 Å².